The van der Waals surface area contributed by atoms with Gasteiger partial charge in [0, 0.05) is 6.04 Å². The molecule has 1 saturated carbocycles. The molecule has 1 saturated heterocycles. The van der Waals surface area contributed by atoms with Gasteiger partial charge in [-0.15, -0.1) is 0 Å². The van der Waals surface area contributed by atoms with Crippen molar-refractivity contribution < 1.29 is 19.4 Å². The Labute approximate surface area is 156 Å². The Kier molecular flexibility index (Phi) is 5.75. The number of rotatable bonds is 5. The monoisotopic (exact) mass is 377 g/mol. The Morgan fingerprint density at radius 1 is 1.36 bits per heavy atom. The molecule has 1 heterocycles. The predicted octanol–water partition coefficient (Wildman–Crippen LogP) is 3.68. The fraction of sp³-hybridized carbons (Fsp3) is 0.389. The van der Waals surface area contributed by atoms with Crippen LogP contribution in [0.3, 0.4) is 0 Å². The number of carboxylic acids is 1. The first-order valence-electron chi connectivity index (χ1n) is 8.26. The molecule has 1 N–H and O–H groups in total. The highest BCUT2D eigenvalue weighted by Crippen LogP contribution is 2.37. The number of thioether (sulfide) groups is 1. The molecular weight excluding hydrogens is 358 g/mol. The first-order valence-corrected chi connectivity index (χ1v) is 9.49. The molecule has 25 heavy (non-hydrogen) atoms. The van der Waals surface area contributed by atoms with Crippen molar-refractivity contribution in [2.45, 2.75) is 38.1 Å². The lowest BCUT2D eigenvalue weighted by atomic mass is 9.94. The molecule has 2 fully saturated rings. The lowest BCUT2D eigenvalue weighted by Crippen LogP contribution is -2.39. The predicted molar refractivity (Wildman–Crippen MR) is 101 cm³/mol. The van der Waals surface area contributed by atoms with Gasteiger partial charge in [-0.3, -0.25) is 9.69 Å². The minimum atomic E-state index is -1.03. The van der Waals surface area contributed by atoms with E-state index in [-0.39, 0.29) is 11.9 Å². The number of nitrogens with zero attached hydrogens (tertiary/aromatic N) is 1. The molecule has 3 rings (SSSR count). The second kappa shape index (κ2) is 8.01. The van der Waals surface area contributed by atoms with E-state index in [0.717, 1.165) is 31.2 Å². The van der Waals surface area contributed by atoms with Crippen LogP contribution in [0.1, 0.15) is 37.7 Å². The average Bonchev–Trinajstić information content (AvgIpc) is 2.88. The third-order valence-electron chi connectivity index (χ3n) is 4.28. The molecule has 1 aromatic rings. The summed E-state index contributed by atoms with van der Waals surface area (Å²) in [6.07, 6.45) is 7.32. The second-order valence-electron chi connectivity index (χ2n) is 6.10. The second-order valence-corrected chi connectivity index (χ2v) is 7.77. The molecule has 0 atom stereocenters. The molecule has 0 spiro atoms. The Bertz CT molecular complexity index is 726. The topological polar surface area (TPSA) is 66.8 Å². The highest BCUT2D eigenvalue weighted by Gasteiger charge is 2.37. The molecule has 1 amide bonds. The maximum atomic E-state index is 12.8. The average molecular weight is 377 g/mol. The Morgan fingerprint density at radius 2 is 2.12 bits per heavy atom. The van der Waals surface area contributed by atoms with Gasteiger partial charge >= 0.3 is 5.97 Å². The van der Waals surface area contributed by atoms with Gasteiger partial charge in [-0.2, -0.15) is 0 Å². The molecule has 7 heteroatoms. The number of carbonyl (C=O) groups is 2. The molecule has 1 aromatic carbocycles. The van der Waals surface area contributed by atoms with Crippen molar-refractivity contribution in [2.24, 2.45) is 0 Å². The number of ether oxygens (including phenoxy) is 1. The van der Waals surface area contributed by atoms with Crippen molar-refractivity contribution >= 4 is 46.3 Å². The van der Waals surface area contributed by atoms with Crippen LogP contribution in [0.4, 0.5) is 0 Å². The van der Waals surface area contributed by atoms with Crippen molar-refractivity contribution in [1.29, 1.82) is 0 Å². The SMILES string of the molecule is O=C(O)COc1cccc(/C=C2/SC(=S)N(C3CCCCC3)C2=O)c1. The quantitative estimate of drug-likeness (QED) is 0.624. The Morgan fingerprint density at radius 3 is 2.84 bits per heavy atom. The largest absolute Gasteiger partial charge is 0.482 e. The van der Waals surface area contributed by atoms with E-state index in [1.165, 1.54) is 18.2 Å². The fourth-order valence-corrected chi connectivity index (χ4v) is 4.52. The van der Waals surface area contributed by atoms with Crippen LogP contribution in [0.25, 0.3) is 6.08 Å². The summed E-state index contributed by atoms with van der Waals surface area (Å²) in [5.41, 5.74) is 0.784. The van der Waals surface area contributed by atoms with E-state index in [2.05, 4.69) is 0 Å². The molecule has 132 valence electrons. The smallest absolute Gasteiger partial charge is 0.341 e. The summed E-state index contributed by atoms with van der Waals surface area (Å²) in [6, 6.07) is 7.24. The molecule has 0 bridgehead atoms. The van der Waals surface area contributed by atoms with Crippen molar-refractivity contribution in [1.82, 2.24) is 4.90 Å². The molecular formula is C18H19NO4S2. The molecule has 0 radical (unpaired) electrons. The number of carbonyl (C=O) groups excluding carboxylic acids is 1. The minimum Gasteiger partial charge on any atom is -0.482 e. The van der Waals surface area contributed by atoms with Crippen molar-refractivity contribution in [2.75, 3.05) is 6.61 Å². The summed E-state index contributed by atoms with van der Waals surface area (Å²) in [7, 11) is 0. The molecule has 1 aliphatic heterocycles. The summed E-state index contributed by atoms with van der Waals surface area (Å²) in [6.45, 7) is -0.396. The number of carboxylic acid groups (broad SMARTS) is 1. The fourth-order valence-electron chi connectivity index (χ4n) is 3.12. The highest BCUT2D eigenvalue weighted by atomic mass is 32.2. The number of amides is 1. The standard InChI is InChI=1S/C18H19NO4S2/c20-16(21)11-23-14-8-4-5-12(9-14)10-15-17(22)19(18(24)25-15)13-6-2-1-3-7-13/h4-5,8-10,13H,1-3,6-7,11H2,(H,20,21)/b15-10+. The number of aliphatic carboxylic acids is 1. The number of hydrogen-bond acceptors (Lipinski definition) is 5. The van der Waals surface area contributed by atoms with Gasteiger partial charge in [0.05, 0.1) is 4.91 Å². The molecule has 0 unspecified atom stereocenters. The van der Waals surface area contributed by atoms with Crippen LogP contribution in [-0.2, 0) is 9.59 Å². The minimum absolute atomic E-state index is 0.0289. The zero-order valence-electron chi connectivity index (χ0n) is 13.6. The maximum absolute atomic E-state index is 12.8. The lowest BCUT2D eigenvalue weighted by Gasteiger charge is -2.29. The van der Waals surface area contributed by atoms with Gasteiger partial charge in [0.2, 0.25) is 0 Å². The van der Waals surface area contributed by atoms with Gasteiger partial charge in [-0.25, -0.2) is 4.79 Å². The molecule has 5 nitrogen and oxygen atoms in total. The van der Waals surface area contributed by atoms with E-state index in [1.807, 2.05) is 6.07 Å². The van der Waals surface area contributed by atoms with Gasteiger partial charge in [0.25, 0.3) is 5.91 Å². The first kappa shape index (κ1) is 17.9. The Balaban J connectivity index is 1.75. The van der Waals surface area contributed by atoms with Crippen molar-refractivity contribution in [3.63, 3.8) is 0 Å². The van der Waals surface area contributed by atoms with Crippen molar-refractivity contribution in [3.8, 4) is 5.75 Å². The number of thiocarbonyl (C=S) groups is 1. The van der Waals surface area contributed by atoms with Crippen LogP contribution < -0.4 is 4.74 Å². The van der Waals surface area contributed by atoms with Crippen LogP contribution >= 0.6 is 24.0 Å². The summed E-state index contributed by atoms with van der Waals surface area (Å²) >= 11 is 6.75. The zero-order valence-corrected chi connectivity index (χ0v) is 15.3. The third kappa shape index (κ3) is 4.41. The number of benzene rings is 1. The van der Waals surface area contributed by atoms with E-state index in [4.69, 9.17) is 22.1 Å². The van der Waals surface area contributed by atoms with Crippen LogP contribution in [0.2, 0.25) is 0 Å². The van der Waals surface area contributed by atoms with E-state index < -0.39 is 12.6 Å². The van der Waals surface area contributed by atoms with Gasteiger partial charge in [0.1, 0.15) is 10.1 Å². The summed E-state index contributed by atoms with van der Waals surface area (Å²) in [5.74, 6) is -0.601. The molecule has 1 aliphatic carbocycles. The van der Waals surface area contributed by atoms with Gasteiger partial charge in [0.15, 0.2) is 6.61 Å². The molecule has 0 aromatic heterocycles. The maximum Gasteiger partial charge on any atom is 0.341 e. The van der Waals surface area contributed by atoms with Crippen LogP contribution in [-0.4, -0.2) is 38.9 Å². The van der Waals surface area contributed by atoms with E-state index in [0.29, 0.717) is 15.0 Å². The van der Waals surface area contributed by atoms with Crippen LogP contribution in [0, 0.1) is 0 Å². The lowest BCUT2D eigenvalue weighted by molar-refractivity contribution is -0.139. The van der Waals surface area contributed by atoms with Gasteiger partial charge in [-0.1, -0.05) is 55.4 Å². The summed E-state index contributed by atoms with van der Waals surface area (Å²) in [5, 5.41) is 8.69. The molecule has 2 aliphatic rings. The van der Waals surface area contributed by atoms with Crippen LogP contribution in [0.5, 0.6) is 5.75 Å². The zero-order chi connectivity index (χ0) is 17.8. The van der Waals surface area contributed by atoms with Gasteiger partial charge < -0.3 is 9.84 Å². The van der Waals surface area contributed by atoms with Gasteiger partial charge in [-0.05, 0) is 36.6 Å². The van der Waals surface area contributed by atoms with E-state index in [1.54, 1.807) is 29.2 Å². The highest BCUT2D eigenvalue weighted by molar-refractivity contribution is 8.26. The third-order valence-corrected chi connectivity index (χ3v) is 5.61. The van der Waals surface area contributed by atoms with E-state index in [9.17, 15) is 9.59 Å². The summed E-state index contributed by atoms with van der Waals surface area (Å²) < 4.78 is 5.81. The summed E-state index contributed by atoms with van der Waals surface area (Å²) in [4.78, 5) is 25.7. The van der Waals surface area contributed by atoms with E-state index >= 15 is 0 Å². The Hall–Kier alpha value is -1.86. The van der Waals surface area contributed by atoms with Crippen LogP contribution in [0.15, 0.2) is 29.2 Å². The first-order chi connectivity index (χ1) is 12.0. The van der Waals surface area contributed by atoms with Crippen molar-refractivity contribution in [3.05, 3.63) is 34.7 Å². The normalized spacial score (nSPS) is 20.3. The number of hydrogen-bond donors (Lipinski definition) is 1.